The van der Waals surface area contributed by atoms with Gasteiger partial charge in [-0.05, 0) is 74.2 Å². The standard InChI is InChI=1S/C33H42N2O12S3.2Na/c1-3-34(15-6-22-49(40,41)42)26-9-11-28-25(13-18-47-31(28)23-26)7-4-8-32-33(2,14-5-21-48(37,38)39)29-24-27(50(43,44)45)10-12-30(29)35(32)16-19-46-20-17-36;;/h4,7-13,18,23-24,36H,3,5-6,14-17,19-22H2,1-2H3,(H2-,37,38,39,40,41,42,43,44,45);;/q;2*+1/p-2. The predicted octanol–water partition coefficient (Wildman–Crippen LogP) is -3.97. The number of hydrogen-bond donors (Lipinski definition) is 1. The van der Waals surface area contributed by atoms with Crippen molar-refractivity contribution in [3.05, 3.63) is 83.1 Å². The monoisotopic (exact) mass is 798 g/mol. The molecule has 0 fully saturated rings. The SMILES string of the molecule is CC[N+](CCCS(=O)(=O)[O-])=c1ccc2c(/C=C/C=C3/N(CCOCCO)c4ccc(S(=O)(=O)[O-])cc4C3(C)CCCS(=O)(=O)[O-])ccoc-2c1.[Na+].[Na+]. The number of aliphatic hydroxyl groups is 1. The van der Waals surface area contributed by atoms with Crippen LogP contribution in [-0.2, 0) is 40.5 Å². The molecule has 1 aliphatic carbocycles. The summed E-state index contributed by atoms with van der Waals surface area (Å²) in [7, 11) is -13.7. The number of benzene rings is 2. The Morgan fingerprint density at radius 3 is 2.27 bits per heavy atom. The van der Waals surface area contributed by atoms with Crippen molar-refractivity contribution in [2.75, 3.05) is 55.9 Å². The smallest absolute Gasteiger partial charge is 0.748 e. The van der Waals surface area contributed by atoms with Crippen molar-refractivity contribution in [1.29, 1.82) is 0 Å². The van der Waals surface area contributed by atoms with E-state index >= 15 is 0 Å². The van der Waals surface area contributed by atoms with E-state index in [0.717, 1.165) is 16.5 Å². The number of fused-ring (bicyclic) bond motifs is 2. The van der Waals surface area contributed by atoms with Crippen LogP contribution in [0.3, 0.4) is 0 Å². The van der Waals surface area contributed by atoms with Crippen LogP contribution in [0.4, 0.5) is 5.69 Å². The molecule has 1 aromatic carbocycles. The van der Waals surface area contributed by atoms with Gasteiger partial charge in [0.15, 0.2) is 0 Å². The van der Waals surface area contributed by atoms with Crippen LogP contribution in [0.5, 0.6) is 0 Å². The van der Waals surface area contributed by atoms with Gasteiger partial charge >= 0.3 is 59.1 Å². The van der Waals surface area contributed by atoms with Crippen LogP contribution in [0, 0.1) is 0 Å². The van der Waals surface area contributed by atoms with E-state index in [1.165, 1.54) is 24.5 Å². The van der Waals surface area contributed by atoms with Crippen LogP contribution in [0.15, 0.2) is 75.9 Å². The molecule has 0 amide bonds. The van der Waals surface area contributed by atoms with Gasteiger partial charge in [-0.1, -0.05) is 12.2 Å². The third-order valence-electron chi connectivity index (χ3n) is 8.58. The summed E-state index contributed by atoms with van der Waals surface area (Å²) in [5.74, 6) is -0.535. The van der Waals surface area contributed by atoms with Crippen LogP contribution in [0.25, 0.3) is 17.4 Å². The fourth-order valence-electron chi connectivity index (χ4n) is 6.22. The van der Waals surface area contributed by atoms with Crippen molar-refractivity contribution in [3.63, 3.8) is 0 Å². The molecule has 0 radical (unpaired) electrons. The van der Waals surface area contributed by atoms with Gasteiger partial charge in [-0.2, -0.15) is 0 Å². The van der Waals surface area contributed by atoms with Gasteiger partial charge in [-0.3, -0.25) is 0 Å². The average Bonchev–Trinajstić information content (AvgIpc) is 3.26. The van der Waals surface area contributed by atoms with Crippen LogP contribution in [0.1, 0.15) is 44.2 Å². The number of hydrogen-bond acceptors (Lipinski definition) is 13. The summed E-state index contributed by atoms with van der Waals surface area (Å²) in [6, 6.07) is 11.3. The van der Waals surface area contributed by atoms with E-state index in [2.05, 4.69) is 0 Å². The van der Waals surface area contributed by atoms with Crippen LogP contribution >= 0.6 is 0 Å². The van der Waals surface area contributed by atoms with E-state index < -0.39 is 52.2 Å². The van der Waals surface area contributed by atoms with E-state index in [4.69, 9.17) is 9.15 Å². The summed E-state index contributed by atoms with van der Waals surface area (Å²) in [5, 5.41) is 9.96. The molecule has 2 heterocycles. The molecule has 0 bridgehead atoms. The Hall–Kier alpha value is -1.42. The molecule has 274 valence electrons. The summed E-state index contributed by atoms with van der Waals surface area (Å²) in [4.78, 5) is 1.44. The molecular weight excluding hydrogens is 759 g/mol. The molecule has 0 saturated carbocycles. The van der Waals surface area contributed by atoms with Gasteiger partial charge in [0.2, 0.25) is 5.36 Å². The molecular formula is C33H40N2Na2O12S3. The number of anilines is 1. The molecule has 1 atom stereocenters. The molecule has 14 nitrogen and oxygen atoms in total. The van der Waals surface area contributed by atoms with Gasteiger partial charge < -0.3 is 32.8 Å². The number of nitrogens with zero attached hydrogens (tertiary/aromatic N) is 2. The Balaban J connectivity index is 0.00000468. The van der Waals surface area contributed by atoms with Crippen LogP contribution in [0.2, 0.25) is 0 Å². The molecule has 1 unspecified atom stereocenters. The van der Waals surface area contributed by atoms with Gasteiger partial charge in [0.05, 0.1) is 57.3 Å². The first-order valence-electron chi connectivity index (χ1n) is 15.9. The minimum absolute atomic E-state index is 0. The molecule has 1 N–H and O–H groups in total. The fourth-order valence-corrected chi connectivity index (χ4v) is 7.70. The minimum Gasteiger partial charge on any atom is -0.748 e. The first kappa shape index (κ1) is 46.7. The summed E-state index contributed by atoms with van der Waals surface area (Å²) < 4.78 is 117. The van der Waals surface area contributed by atoms with Gasteiger partial charge in [0.25, 0.3) is 0 Å². The second-order valence-electron chi connectivity index (χ2n) is 12.0. The average molecular weight is 799 g/mol. The minimum atomic E-state index is -4.82. The summed E-state index contributed by atoms with van der Waals surface area (Å²) in [5.41, 5.74) is 2.24. The van der Waals surface area contributed by atoms with Crippen molar-refractivity contribution in [2.24, 2.45) is 0 Å². The molecule has 3 aliphatic rings. The van der Waals surface area contributed by atoms with Gasteiger partial charge in [-0.15, -0.1) is 0 Å². The zero-order valence-corrected chi connectivity index (χ0v) is 36.1. The molecule has 52 heavy (non-hydrogen) atoms. The Morgan fingerprint density at radius 2 is 1.63 bits per heavy atom. The van der Waals surface area contributed by atoms with E-state index in [1.807, 2.05) is 40.7 Å². The maximum atomic E-state index is 12.0. The summed E-state index contributed by atoms with van der Waals surface area (Å²) >= 11 is 0. The van der Waals surface area contributed by atoms with Crippen LogP contribution < -0.4 is 73.9 Å². The Bertz CT molecular complexity index is 2120. The second-order valence-corrected chi connectivity index (χ2v) is 16.4. The molecule has 0 saturated heterocycles. The van der Waals surface area contributed by atoms with Crippen molar-refractivity contribution in [1.82, 2.24) is 4.58 Å². The molecule has 0 aromatic heterocycles. The van der Waals surface area contributed by atoms with Crippen molar-refractivity contribution in [3.8, 4) is 11.3 Å². The predicted molar refractivity (Wildman–Crippen MR) is 183 cm³/mol. The van der Waals surface area contributed by atoms with Crippen LogP contribution in [-0.4, -0.2) is 95.0 Å². The topological polar surface area (TPSA) is 220 Å². The molecule has 1 aromatic rings. The second kappa shape index (κ2) is 20.0. The maximum absolute atomic E-state index is 12.0. The Kier molecular flexibility index (Phi) is 17.9. The molecule has 4 rings (SSSR count). The molecule has 2 aliphatic heterocycles. The third kappa shape index (κ3) is 12.6. The quantitative estimate of drug-likeness (QED) is 0.0597. The van der Waals surface area contributed by atoms with Crippen molar-refractivity contribution < 1.29 is 112 Å². The normalized spacial score (nSPS) is 17.7. The number of allylic oxidation sites excluding steroid dienone is 3. The Labute approximate surface area is 349 Å². The van der Waals surface area contributed by atoms with E-state index in [1.54, 1.807) is 25.1 Å². The number of ether oxygens (including phenoxy) is 1. The maximum Gasteiger partial charge on any atom is 1.00 e. The van der Waals surface area contributed by atoms with E-state index in [-0.39, 0.29) is 105 Å². The van der Waals surface area contributed by atoms with Crippen molar-refractivity contribution >= 4 is 42.1 Å². The van der Waals surface area contributed by atoms with E-state index in [9.17, 15) is 44.0 Å². The first-order valence-corrected chi connectivity index (χ1v) is 20.5. The Morgan fingerprint density at radius 1 is 0.942 bits per heavy atom. The zero-order valence-electron chi connectivity index (χ0n) is 29.7. The first-order chi connectivity index (χ1) is 23.5. The zero-order chi connectivity index (χ0) is 36.7. The number of aliphatic hydroxyl groups excluding tert-OH is 1. The largest absolute Gasteiger partial charge is 1.00 e. The van der Waals surface area contributed by atoms with Gasteiger partial charge in [-0.25, -0.2) is 29.8 Å². The third-order valence-corrected chi connectivity index (χ3v) is 11.0. The molecule has 19 heteroatoms. The van der Waals surface area contributed by atoms with Gasteiger partial charge in [0, 0.05) is 52.9 Å². The van der Waals surface area contributed by atoms with Gasteiger partial charge in [0.1, 0.15) is 29.0 Å². The molecule has 0 spiro atoms. The fraction of sp³-hybridized carbons (Fsp3) is 0.424. The van der Waals surface area contributed by atoms with Crippen molar-refractivity contribution in [2.45, 2.75) is 43.4 Å². The number of rotatable bonds is 17. The summed E-state index contributed by atoms with van der Waals surface area (Å²) in [6.45, 7) is 5.01. The summed E-state index contributed by atoms with van der Waals surface area (Å²) in [6.07, 6.45) is 7.23. The van der Waals surface area contributed by atoms with E-state index in [0.29, 0.717) is 35.8 Å².